The molecule has 0 bridgehead atoms. The summed E-state index contributed by atoms with van der Waals surface area (Å²) in [6.45, 7) is 9.93. The van der Waals surface area contributed by atoms with Gasteiger partial charge < -0.3 is 5.32 Å². The summed E-state index contributed by atoms with van der Waals surface area (Å²) in [6.07, 6.45) is 3.58. The van der Waals surface area contributed by atoms with Crippen molar-refractivity contribution in [1.29, 1.82) is 0 Å². The Morgan fingerprint density at radius 3 is 2.93 bits per heavy atom. The molecule has 2 heteroatoms. The van der Waals surface area contributed by atoms with E-state index in [1.807, 2.05) is 6.92 Å². The molecule has 1 saturated heterocycles. The molecule has 2 unspecified atom stereocenters. The molecule has 0 amide bonds. The van der Waals surface area contributed by atoms with E-state index >= 15 is 0 Å². The molecule has 0 aromatic rings. The van der Waals surface area contributed by atoms with Crippen LogP contribution in [0.3, 0.4) is 0 Å². The first kappa shape index (κ1) is 12.5. The maximum atomic E-state index is 3.61. The van der Waals surface area contributed by atoms with Gasteiger partial charge in [-0.15, -0.1) is 11.8 Å². The van der Waals surface area contributed by atoms with Crippen molar-refractivity contribution in [2.75, 3.05) is 19.6 Å². The molecule has 0 spiro atoms. The van der Waals surface area contributed by atoms with Gasteiger partial charge in [0, 0.05) is 38.1 Å². The van der Waals surface area contributed by atoms with Crippen molar-refractivity contribution in [3.8, 4) is 11.8 Å². The van der Waals surface area contributed by atoms with E-state index in [0.29, 0.717) is 12.1 Å². The fraction of sp³-hybridized carbons (Fsp3) is 0.846. The minimum atomic E-state index is 0.664. The van der Waals surface area contributed by atoms with Crippen LogP contribution in [-0.2, 0) is 0 Å². The molecule has 0 radical (unpaired) electrons. The molecule has 1 aliphatic rings. The summed E-state index contributed by atoms with van der Waals surface area (Å²) in [5.74, 6) is 6.12. The Morgan fingerprint density at radius 2 is 2.27 bits per heavy atom. The number of piperazine rings is 1. The van der Waals surface area contributed by atoms with Crippen molar-refractivity contribution in [3.05, 3.63) is 0 Å². The number of rotatable bonds is 4. The Kier molecular flexibility index (Phi) is 5.75. The molecule has 2 nitrogen and oxygen atoms in total. The molecule has 0 aliphatic carbocycles. The lowest BCUT2D eigenvalue weighted by atomic mass is 10.1. The topological polar surface area (TPSA) is 15.3 Å². The SMILES string of the molecule is CC#CCCN1CC(CCC)NCC1C. The van der Waals surface area contributed by atoms with Crippen LogP contribution in [0.15, 0.2) is 0 Å². The number of hydrogen-bond donors (Lipinski definition) is 1. The lowest BCUT2D eigenvalue weighted by molar-refractivity contribution is 0.140. The molecular formula is C13H24N2. The largest absolute Gasteiger partial charge is 0.311 e. The quantitative estimate of drug-likeness (QED) is 0.710. The fourth-order valence-corrected chi connectivity index (χ4v) is 2.17. The second-order valence-electron chi connectivity index (χ2n) is 4.41. The average molecular weight is 208 g/mol. The van der Waals surface area contributed by atoms with E-state index in [1.54, 1.807) is 0 Å². The van der Waals surface area contributed by atoms with Crippen LogP contribution < -0.4 is 5.32 Å². The van der Waals surface area contributed by atoms with E-state index in [2.05, 4.69) is 35.9 Å². The Morgan fingerprint density at radius 1 is 1.47 bits per heavy atom. The van der Waals surface area contributed by atoms with Gasteiger partial charge >= 0.3 is 0 Å². The van der Waals surface area contributed by atoms with Gasteiger partial charge in [-0.1, -0.05) is 13.3 Å². The zero-order valence-corrected chi connectivity index (χ0v) is 10.3. The molecule has 15 heavy (non-hydrogen) atoms. The molecule has 86 valence electrons. The van der Waals surface area contributed by atoms with Crippen LogP contribution in [0, 0.1) is 11.8 Å². The summed E-state index contributed by atoms with van der Waals surface area (Å²) < 4.78 is 0. The maximum Gasteiger partial charge on any atom is 0.0217 e. The minimum absolute atomic E-state index is 0.664. The van der Waals surface area contributed by atoms with Crippen molar-refractivity contribution in [2.45, 2.75) is 52.1 Å². The van der Waals surface area contributed by atoms with Crippen LogP contribution in [0.4, 0.5) is 0 Å². The van der Waals surface area contributed by atoms with Gasteiger partial charge in [0.1, 0.15) is 0 Å². The first-order chi connectivity index (χ1) is 7.27. The van der Waals surface area contributed by atoms with Crippen LogP contribution in [0.1, 0.15) is 40.0 Å². The lowest BCUT2D eigenvalue weighted by Crippen LogP contribution is -2.55. The van der Waals surface area contributed by atoms with Crippen molar-refractivity contribution in [2.24, 2.45) is 0 Å². The highest BCUT2D eigenvalue weighted by Crippen LogP contribution is 2.10. The van der Waals surface area contributed by atoms with E-state index in [1.165, 1.54) is 19.4 Å². The second-order valence-corrected chi connectivity index (χ2v) is 4.41. The van der Waals surface area contributed by atoms with E-state index in [4.69, 9.17) is 0 Å². The van der Waals surface area contributed by atoms with E-state index < -0.39 is 0 Å². The molecule has 0 aromatic heterocycles. The van der Waals surface area contributed by atoms with Gasteiger partial charge in [-0.05, 0) is 20.3 Å². The van der Waals surface area contributed by atoms with Crippen molar-refractivity contribution < 1.29 is 0 Å². The molecule has 1 aliphatic heterocycles. The first-order valence-electron chi connectivity index (χ1n) is 6.15. The van der Waals surface area contributed by atoms with Crippen LogP contribution in [0.25, 0.3) is 0 Å². The summed E-state index contributed by atoms with van der Waals surface area (Å²) in [7, 11) is 0. The normalized spacial score (nSPS) is 27.1. The highest BCUT2D eigenvalue weighted by atomic mass is 15.2. The van der Waals surface area contributed by atoms with Gasteiger partial charge in [0.2, 0.25) is 0 Å². The first-order valence-corrected chi connectivity index (χ1v) is 6.15. The minimum Gasteiger partial charge on any atom is -0.311 e. The van der Waals surface area contributed by atoms with Gasteiger partial charge in [0.05, 0.1) is 0 Å². The molecule has 1 N–H and O–H groups in total. The third-order valence-corrected chi connectivity index (χ3v) is 3.12. The molecule has 1 fully saturated rings. The van der Waals surface area contributed by atoms with Gasteiger partial charge in [-0.3, -0.25) is 4.90 Å². The van der Waals surface area contributed by atoms with Gasteiger partial charge in [-0.2, -0.15) is 0 Å². The van der Waals surface area contributed by atoms with Crippen LogP contribution in [0.5, 0.6) is 0 Å². The van der Waals surface area contributed by atoms with Crippen molar-refractivity contribution in [3.63, 3.8) is 0 Å². The monoisotopic (exact) mass is 208 g/mol. The summed E-state index contributed by atoms with van der Waals surface area (Å²) >= 11 is 0. The van der Waals surface area contributed by atoms with Gasteiger partial charge in [-0.25, -0.2) is 0 Å². The van der Waals surface area contributed by atoms with Crippen LogP contribution in [-0.4, -0.2) is 36.6 Å². The third kappa shape index (κ3) is 4.24. The lowest BCUT2D eigenvalue weighted by Gasteiger charge is -2.38. The molecule has 1 heterocycles. The third-order valence-electron chi connectivity index (χ3n) is 3.12. The standard InChI is InChI=1S/C13H24N2/c1-4-6-7-9-15-11-13(8-5-2)14-10-12(15)3/h12-14H,5,7-11H2,1-3H3. The Balaban J connectivity index is 2.34. The smallest absolute Gasteiger partial charge is 0.0217 e. The van der Waals surface area contributed by atoms with Gasteiger partial charge in [0.25, 0.3) is 0 Å². The molecule has 2 atom stereocenters. The zero-order valence-electron chi connectivity index (χ0n) is 10.3. The second kappa shape index (κ2) is 6.87. The number of nitrogens with one attached hydrogen (secondary N) is 1. The van der Waals surface area contributed by atoms with Gasteiger partial charge in [0.15, 0.2) is 0 Å². The Bertz CT molecular complexity index is 226. The molecule has 0 aromatic carbocycles. The summed E-state index contributed by atoms with van der Waals surface area (Å²) in [4.78, 5) is 2.57. The molecule has 0 saturated carbocycles. The maximum absolute atomic E-state index is 3.61. The highest BCUT2D eigenvalue weighted by molar-refractivity contribution is 4.96. The van der Waals surface area contributed by atoms with E-state index in [-0.39, 0.29) is 0 Å². The van der Waals surface area contributed by atoms with Crippen LogP contribution >= 0.6 is 0 Å². The fourth-order valence-electron chi connectivity index (χ4n) is 2.17. The predicted octanol–water partition coefficient (Wildman–Crippen LogP) is 1.86. The van der Waals surface area contributed by atoms with E-state index in [9.17, 15) is 0 Å². The summed E-state index contributed by atoms with van der Waals surface area (Å²) in [6, 6.07) is 1.36. The van der Waals surface area contributed by atoms with Crippen molar-refractivity contribution in [1.82, 2.24) is 10.2 Å². The van der Waals surface area contributed by atoms with E-state index in [0.717, 1.165) is 19.5 Å². The Labute approximate surface area is 94.4 Å². The average Bonchev–Trinajstić information content (AvgIpc) is 2.23. The number of nitrogens with zero attached hydrogens (tertiary/aromatic N) is 1. The predicted molar refractivity (Wildman–Crippen MR) is 65.8 cm³/mol. The zero-order chi connectivity index (χ0) is 11.1. The Hall–Kier alpha value is -0.520. The summed E-state index contributed by atoms with van der Waals surface area (Å²) in [5.41, 5.74) is 0. The highest BCUT2D eigenvalue weighted by Gasteiger charge is 2.23. The molecular weight excluding hydrogens is 184 g/mol. The molecule has 1 rings (SSSR count). The van der Waals surface area contributed by atoms with Crippen LogP contribution in [0.2, 0.25) is 0 Å². The number of hydrogen-bond acceptors (Lipinski definition) is 2. The summed E-state index contributed by atoms with van der Waals surface area (Å²) in [5, 5.41) is 3.61. The van der Waals surface area contributed by atoms with Crippen molar-refractivity contribution >= 4 is 0 Å².